The number of nitrogens with zero attached hydrogens (tertiary/aromatic N) is 1. The van der Waals surface area contributed by atoms with Crippen molar-refractivity contribution in [3.8, 4) is 0 Å². The first-order chi connectivity index (χ1) is 7.78. The normalized spacial score (nSPS) is 9.81. The van der Waals surface area contributed by atoms with E-state index in [1.54, 1.807) is 6.20 Å². The highest BCUT2D eigenvalue weighted by atomic mass is 15.0. The maximum Gasteiger partial charge on any atom is 0.130 e. The van der Waals surface area contributed by atoms with Gasteiger partial charge in [-0.05, 0) is 30.3 Å². The molecule has 0 aliphatic heterocycles. The monoisotopic (exact) mass is 214 g/mol. The van der Waals surface area contributed by atoms with E-state index in [0.29, 0.717) is 5.69 Å². The van der Waals surface area contributed by atoms with Gasteiger partial charge < -0.3 is 16.4 Å². The van der Waals surface area contributed by atoms with Crippen LogP contribution >= 0.6 is 0 Å². The van der Waals surface area contributed by atoms with Crippen LogP contribution in [0.25, 0.3) is 0 Å². The molecule has 4 heteroatoms. The van der Waals surface area contributed by atoms with Crippen LogP contribution in [0.3, 0.4) is 0 Å². The lowest BCUT2D eigenvalue weighted by Crippen LogP contribution is -1.95. The van der Waals surface area contributed by atoms with Crippen LogP contribution in [-0.4, -0.2) is 12.0 Å². The van der Waals surface area contributed by atoms with Gasteiger partial charge in [0, 0.05) is 18.4 Å². The third-order valence-electron chi connectivity index (χ3n) is 2.21. The molecule has 0 saturated heterocycles. The average Bonchev–Trinajstić information content (AvgIpc) is 2.32. The van der Waals surface area contributed by atoms with Crippen molar-refractivity contribution >= 4 is 22.9 Å². The Hall–Kier alpha value is -2.23. The number of anilines is 4. The van der Waals surface area contributed by atoms with E-state index < -0.39 is 0 Å². The molecule has 0 fully saturated rings. The van der Waals surface area contributed by atoms with E-state index in [-0.39, 0.29) is 0 Å². The Balaban J connectivity index is 2.16. The van der Waals surface area contributed by atoms with Crippen LogP contribution in [0, 0.1) is 0 Å². The molecule has 0 saturated carbocycles. The van der Waals surface area contributed by atoms with Gasteiger partial charge in [0.05, 0.1) is 11.9 Å². The summed E-state index contributed by atoms with van der Waals surface area (Å²) in [5.41, 5.74) is 8.27. The number of nitrogens with two attached hydrogens (primary N) is 1. The predicted octanol–water partition coefficient (Wildman–Crippen LogP) is 2.45. The lowest BCUT2D eigenvalue weighted by molar-refractivity contribution is 1.31. The van der Waals surface area contributed by atoms with Crippen LogP contribution in [0.1, 0.15) is 0 Å². The zero-order valence-corrected chi connectivity index (χ0v) is 9.07. The molecule has 0 aliphatic rings. The van der Waals surface area contributed by atoms with Crippen LogP contribution in [0.5, 0.6) is 0 Å². The molecule has 16 heavy (non-hydrogen) atoms. The summed E-state index contributed by atoms with van der Waals surface area (Å²) < 4.78 is 0. The van der Waals surface area contributed by atoms with E-state index in [0.717, 1.165) is 17.2 Å². The molecule has 0 unspecified atom stereocenters. The highest BCUT2D eigenvalue weighted by molar-refractivity contribution is 5.62. The molecule has 0 amide bonds. The van der Waals surface area contributed by atoms with Gasteiger partial charge in [-0.15, -0.1) is 0 Å². The molecule has 0 atom stereocenters. The van der Waals surface area contributed by atoms with Gasteiger partial charge in [0.2, 0.25) is 0 Å². The van der Waals surface area contributed by atoms with Crippen LogP contribution in [0.4, 0.5) is 22.9 Å². The molecule has 2 aromatic rings. The molecule has 82 valence electrons. The topological polar surface area (TPSA) is 63.0 Å². The number of rotatable bonds is 3. The summed E-state index contributed by atoms with van der Waals surface area (Å²) in [4.78, 5) is 4.17. The average molecular weight is 214 g/mol. The Morgan fingerprint density at radius 2 is 1.94 bits per heavy atom. The van der Waals surface area contributed by atoms with Crippen molar-refractivity contribution in [1.82, 2.24) is 4.98 Å². The Morgan fingerprint density at radius 1 is 1.12 bits per heavy atom. The molecule has 4 N–H and O–H groups in total. The van der Waals surface area contributed by atoms with Crippen molar-refractivity contribution in [3.63, 3.8) is 0 Å². The standard InChI is InChI=1S/C12H14N4/c1-14-10-3-2-4-11(7-10)16-12-6-5-9(13)8-15-12/h2-8,14H,13H2,1H3,(H,15,16). The number of nitrogen functional groups attached to an aromatic ring is 1. The maximum absolute atomic E-state index is 5.57. The van der Waals surface area contributed by atoms with Gasteiger partial charge in [0.1, 0.15) is 5.82 Å². The van der Waals surface area contributed by atoms with Gasteiger partial charge in [-0.3, -0.25) is 0 Å². The van der Waals surface area contributed by atoms with Gasteiger partial charge >= 0.3 is 0 Å². The van der Waals surface area contributed by atoms with Crippen molar-refractivity contribution in [2.75, 3.05) is 23.4 Å². The lowest BCUT2D eigenvalue weighted by Gasteiger charge is -2.07. The van der Waals surface area contributed by atoms with Gasteiger partial charge in [-0.1, -0.05) is 6.07 Å². The van der Waals surface area contributed by atoms with E-state index in [9.17, 15) is 0 Å². The zero-order chi connectivity index (χ0) is 11.4. The molecule has 0 bridgehead atoms. The van der Waals surface area contributed by atoms with E-state index in [1.807, 2.05) is 43.4 Å². The van der Waals surface area contributed by atoms with E-state index in [1.165, 1.54) is 0 Å². The first-order valence-electron chi connectivity index (χ1n) is 5.04. The molecular weight excluding hydrogens is 200 g/mol. The maximum atomic E-state index is 5.57. The number of aromatic nitrogens is 1. The van der Waals surface area contributed by atoms with Gasteiger partial charge in [-0.25, -0.2) is 4.98 Å². The van der Waals surface area contributed by atoms with Gasteiger partial charge in [0.15, 0.2) is 0 Å². The van der Waals surface area contributed by atoms with Crippen molar-refractivity contribution in [1.29, 1.82) is 0 Å². The molecular formula is C12H14N4. The van der Waals surface area contributed by atoms with Crippen molar-refractivity contribution < 1.29 is 0 Å². The highest BCUT2D eigenvalue weighted by Crippen LogP contribution is 2.18. The zero-order valence-electron chi connectivity index (χ0n) is 9.07. The molecule has 0 radical (unpaired) electrons. The third-order valence-corrected chi connectivity index (χ3v) is 2.21. The third kappa shape index (κ3) is 2.42. The van der Waals surface area contributed by atoms with Gasteiger partial charge in [-0.2, -0.15) is 0 Å². The molecule has 0 spiro atoms. The summed E-state index contributed by atoms with van der Waals surface area (Å²) >= 11 is 0. The van der Waals surface area contributed by atoms with E-state index in [2.05, 4.69) is 15.6 Å². The summed E-state index contributed by atoms with van der Waals surface area (Å²) in [6.45, 7) is 0. The van der Waals surface area contributed by atoms with Crippen molar-refractivity contribution in [2.45, 2.75) is 0 Å². The Kier molecular flexibility index (Phi) is 2.91. The molecule has 4 nitrogen and oxygen atoms in total. The minimum absolute atomic E-state index is 0.662. The lowest BCUT2D eigenvalue weighted by atomic mass is 10.2. The predicted molar refractivity (Wildman–Crippen MR) is 67.9 cm³/mol. The number of hydrogen-bond acceptors (Lipinski definition) is 4. The Labute approximate surface area is 94.5 Å². The summed E-state index contributed by atoms with van der Waals surface area (Å²) in [6.07, 6.45) is 1.63. The fourth-order valence-corrected chi connectivity index (χ4v) is 1.38. The second-order valence-electron chi connectivity index (χ2n) is 3.43. The highest BCUT2D eigenvalue weighted by Gasteiger charge is 1.96. The minimum atomic E-state index is 0.662. The number of benzene rings is 1. The van der Waals surface area contributed by atoms with E-state index >= 15 is 0 Å². The molecule has 1 aromatic carbocycles. The fraction of sp³-hybridized carbons (Fsp3) is 0.0833. The van der Waals surface area contributed by atoms with E-state index in [4.69, 9.17) is 5.73 Å². The Morgan fingerprint density at radius 3 is 2.62 bits per heavy atom. The summed E-state index contributed by atoms with van der Waals surface area (Å²) in [5, 5.41) is 6.28. The first-order valence-corrected chi connectivity index (χ1v) is 5.04. The fourth-order valence-electron chi connectivity index (χ4n) is 1.38. The number of nitrogens with one attached hydrogen (secondary N) is 2. The summed E-state index contributed by atoms with van der Waals surface area (Å²) in [5.74, 6) is 0.780. The molecule has 1 heterocycles. The van der Waals surface area contributed by atoms with Gasteiger partial charge in [0.25, 0.3) is 0 Å². The summed E-state index contributed by atoms with van der Waals surface area (Å²) in [6, 6.07) is 11.6. The second-order valence-corrected chi connectivity index (χ2v) is 3.43. The smallest absolute Gasteiger partial charge is 0.130 e. The van der Waals surface area contributed by atoms with Crippen LogP contribution in [0.2, 0.25) is 0 Å². The number of hydrogen-bond donors (Lipinski definition) is 3. The molecule has 0 aliphatic carbocycles. The van der Waals surface area contributed by atoms with Crippen LogP contribution in [-0.2, 0) is 0 Å². The molecule has 2 rings (SSSR count). The number of pyridine rings is 1. The first kappa shape index (κ1) is 10.3. The molecule has 1 aromatic heterocycles. The quantitative estimate of drug-likeness (QED) is 0.734. The second kappa shape index (κ2) is 4.53. The van der Waals surface area contributed by atoms with Crippen LogP contribution < -0.4 is 16.4 Å². The van der Waals surface area contributed by atoms with Crippen LogP contribution in [0.15, 0.2) is 42.6 Å². The Bertz CT molecular complexity index is 465. The largest absolute Gasteiger partial charge is 0.397 e. The van der Waals surface area contributed by atoms with Crippen molar-refractivity contribution in [3.05, 3.63) is 42.6 Å². The SMILES string of the molecule is CNc1cccc(Nc2ccc(N)cn2)c1. The summed E-state index contributed by atoms with van der Waals surface area (Å²) in [7, 11) is 1.89. The van der Waals surface area contributed by atoms with Crippen molar-refractivity contribution in [2.24, 2.45) is 0 Å². The minimum Gasteiger partial charge on any atom is -0.397 e.